The first-order valence-corrected chi connectivity index (χ1v) is 5.26. The van der Waals surface area contributed by atoms with Gasteiger partial charge in [0, 0.05) is 18.7 Å². The van der Waals surface area contributed by atoms with Gasteiger partial charge >= 0.3 is 0 Å². The van der Waals surface area contributed by atoms with Gasteiger partial charge in [0.2, 0.25) is 0 Å². The highest BCUT2D eigenvalue weighted by Crippen LogP contribution is 2.23. The Labute approximate surface area is 93.4 Å². The van der Waals surface area contributed by atoms with Gasteiger partial charge in [0.25, 0.3) is 0 Å². The average molecular weight is 226 g/mol. The molecule has 2 rings (SSSR count). The van der Waals surface area contributed by atoms with Gasteiger partial charge < -0.3 is 10.1 Å². The Kier molecular flexibility index (Phi) is 3.36. The highest BCUT2D eigenvalue weighted by atomic mass is 35.5. The fraction of sp³-hybridized carbons (Fsp3) is 0.364. The summed E-state index contributed by atoms with van der Waals surface area (Å²) in [6, 6.07) is 5.40. The standard InChI is InChI=1S/C11H12ClNO2/c12-10-5-8(1-2-9(10)7-14)11-6-13-3-4-15-11/h1-2,5,7,11,13H,3-4,6H2. The van der Waals surface area contributed by atoms with E-state index in [0.29, 0.717) is 17.2 Å². The lowest BCUT2D eigenvalue weighted by molar-refractivity contribution is 0.0277. The summed E-state index contributed by atoms with van der Waals surface area (Å²) in [5, 5.41) is 3.73. The fourth-order valence-electron chi connectivity index (χ4n) is 1.62. The predicted molar refractivity (Wildman–Crippen MR) is 58.4 cm³/mol. The van der Waals surface area contributed by atoms with E-state index in [4.69, 9.17) is 16.3 Å². The minimum Gasteiger partial charge on any atom is -0.371 e. The molecule has 1 atom stereocenters. The van der Waals surface area contributed by atoms with Crippen LogP contribution < -0.4 is 5.32 Å². The second-order valence-electron chi connectivity index (χ2n) is 3.46. The summed E-state index contributed by atoms with van der Waals surface area (Å²) in [7, 11) is 0. The van der Waals surface area contributed by atoms with Crippen LogP contribution in [0, 0.1) is 0 Å². The van der Waals surface area contributed by atoms with E-state index in [1.165, 1.54) is 0 Å². The molecule has 1 unspecified atom stereocenters. The molecule has 0 bridgehead atoms. The zero-order chi connectivity index (χ0) is 10.7. The molecular formula is C11H12ClNO2. The Balaban J connectivity index is 2.21. The zero-order valence-corrected chi connectivity index (χ0v) is 8.96. The molecular weight excluding hydrogens is 214 g/mol. The van der Waals surface area contributed by atoms with E-state index in [0.717, 1.165) is 24.9 Å². The van der Waals surface area contributed by atoms with Gasteiger partial charge in [-0.15, -0.1) is 0 Å². The maximum absolute atomic E-state index is 10.6. The lowest BCUT2D eigenvalue weighted by Gasteiger charge is -2.24. The van der Waals surface area contributed by atoms with Crippen molar-refractivity contribution in [3.05, 3.63) is 34.3 Å². The maximum Gasteiger partial charge on any atom is 0.151 e. The van der Waals surface area contributed by atoms with Crippen LogP contribution in [0.2, 0.25) is 5.02 Å². The highest BCUT2D eigenvalue weighted by Gasteiger charge is 2.16. The van der Waals surface area contributed by atoms with Crippen molar-refractivity contribution in [2.24, 2.45) is 0 Å². The van der Waals surface area contributed by atoms with Crippen molar-refractivity contribution in [3.63, 3.8) is 0 Å². The van der Waals surface area contributed by atoms with E-state index < -0.39 is 0 Å². The van der Waals surface area contributed by atoms with Crippen molar-refractivity contribution in [2.75, 3.05) is 19.7 Å². The third-order valence-electron chi connectivity index (χ3n) is 2.45. The van der Waals surface area contributed by atoms with Gasteiger partial charge in [-0.3, -0.25) is 4.79 Å². The van der Waals surface area contributed by atoms with Gasteiger partial charge in [-0.2, -0.15) is 0 Å². The Morgan fingerprint density at radius 1 is 1.53 bits per heavy atom. The topological polar surface area (TPSA) is 38.3 Å². The second-order valence-corrected chi connectivity index (χ2v) is 3.87. The molecule has 1 aromatic carbocycles. The molecule has 0 aliphatic carbocycles. The molecule has 1 fully saturated rings. The Morgan fingerprint density at radius 3 is 3.00 bits per heavy atom. The summed E-state index contributed by atoms with van der Waals surface area (Å²) in [5.74, 6) is 0. The van der Waals surface area contributed by atoms with Crippen molar-refractivity contribution >= 4 is 17.9 Å². The van der Waals surface area contributed by atoms with Crippen molar-refractivity contribution in [2.45, 2.75) is 6.10 Å². The zero-order valence-electron chi connectivity index (χ0n) is 8.20. The lowest BCUT2D eigenvalue weighted by Crippen LogP contribution is -2.33. The smallest absolute Gasteiger partial charge is 0.151 e. The Morgan fingerprint density at radius 2 is 2.40 bits per heavy atom. The van der Waals surface area contributed by atoms with Gasteiger partial charge in [-0.1, -0.05) is 17.7 Å². The number of hydrogen-bond donors (Lipinski definition) is 1. The van der Waals surface area contributed by atoms with E-state index in [2.05, 4.69) is 5.32 Å². The first kappa shape index (κ1) is 10.6. The molecule has 4 heteroatoms. The summed E-state index contributed by atoms with van der Waals surface area (Å²) in [6.45, 7) is 2.38. The number of carbonyl (C=O) groups is 1. The number of hydrogen-bond acceptors (Lipinski definition) is 3. The molecule has 0 spiro atoms. The van der Waals surface area contributed by atoms with Gasteiger partial charge in [-0.25, -0.2) is 0 Å². The lowest BCUT2D eigenvalue weighted by atomic mass is 10.1. The summed E-state index contributed by atoms with van der Waals surface area (Å²) < 4.78 is 5.58. The number of rotatable bonds is 2. The molecule has 0 saturated carbocycles. The second kappa shape index (κ2) is 4.75. The largest absolute Gasteiger partial charge is 0.371 e. The molecule has 1 saturated heterocycles. The van der Waals surface area contributed by atoms with Crippen LogP contribution in [0.15, 0.2) is 18.2 Å². The summed E-state index contributed by atoms with van der Waals surface area (Å²) in [6.07, 6.45) is 0.795. The SMILES string of the molecule is O=Cc1ccc(C2CNCCO2)cc1Cl. The van der Waals surface area contributed by atoms with Crippen molar-refractivity contribution in [3.8, 4) is 0 Å². The van der Waals surface area contributed by atoms with Crippen LogP contribution in [0.4, 0.5) is 0 Å². The van der Waals surface area contributed by atoms with Crippen LogP contribution in [0.25, 0.3) is 0 Å². The normalized spacial score (nSPS) is 21.3. The molecule has 3 nitrogen and oxygen atoms in total. The summed E-state index contributed by atoms with van der Waals surface area (Å²) in [4.78, 5) is 10.6. The van der Waals surface area contributed by atoms with Crippen LogP contribution in [0.5, 0.6) is 0 Å². The molecule has 1 aliphatic heterocycles. The number of ether oxygens (including phenoxy) is 1. The van der Waals surface area contributed by atoms with E-state index >= 15 is 0 Å². The Bertz CT molecular complexity index is 362. The van der Waals surface area contributed by atoms with Crippen LogP contribution >= 0.6 is 11.6 Å². The van der Waals surface area contributed by atoms with Crippen LogP contribution in [-0.2, 0) is 4.74 Å². The number of carbonyl (C=O) groups excluding carboxylic acids is 1. The highest BCUT2D eigenvalue weighted by molar-refractivity contribution is 6.33. The molecule has 1 aliphatic rings. The van der Waals surface area contributed by atoms with Gasteiger partial charge in [-0.05, 0) is 17.7 Å². The third kappa shape index (κ3) is 2.37. The number of benzene rings is 1. The molecule has 0 amide bonds. The first-order valence-electron chi connectivity index (χ1n) is 4.88. The average Bonchev–Trinajstić information content (AvgIpc) is 2.30. The predicted octanol–water partition coefficient (Wildman–Crippen LogP) is 1.81. The Hall–Kier alpha value is -0.900. The van der Waals surface area contributed by atoms with Crippen molar-refractivity contribution in [1.82, 2.24) is 5.32 Å². The number of aldehydes is 1. The molecule has 15 heavy (non-hydrogen) atoms. The van der Waals surface area contributed by atoms with Gasteiger partial charge in [0.15, 0.2) is 6.29 Å². The molecule has 1 aromatic rings. The van der Waals surface area contributed by atoms with Crippen molar-refractivity contribution in [1.29, 1.82) is 0 Å². The molecule has 0 radical (unpaired) electrons. The van der Waals surface area contributed by atoms with Gasteiger partial charge in [0.05, 0.1) is 17.7 Å². The number of halogens is 1. The summed E-state index contributed by atoms with van der Waals surface area (Å²) in [5.41, 5.74) is 1.53. The minimum absolute atomic E-state index is 0.0388. The molecule has 80 valence electrons. The van der Waals surface area contributed by atoms with E-state index in [-0.39, 0.29) is 6.10 Å². The minimum atomic E-state index is 0.0388. The van der Waals surface area contributed by atoms with E-state index in [1.54, 1.807) is 12.1 Å². The van der Waals surface area contributed by atoms with E-state index in [9.17, 15) is 4.79 Å². The van der Waals surface area contributed by atoms with Crippen LogP contribution in [-0.4, -0.2) is 26.0 Å². The maximum atomic E-state index is 10.6. The first-order chi connectivity index (χ1) is 7.31. The van der Waals surface area contributed by atoms with E-state index in [1.807, 2.05) is 6.07 Å². The third-order valence-corrected chi connectivity index (χ3v) is 2.78. The quantitative estimate of drug-likeness (QED) is 0.781. The summed E-state index contributed by atoms with van der Waals surface area (Å²) >= 11 is 5.94. The number of morpholine rings is 1. The number of nitrogens with one attached hydrogen (secondary N) is 1. The molecule has 1 N–H and O–H groups in total. The molecule has 1 heterocycles. The molecule has 0 aromatic heterocycles. The fourth-order valence-corrected chi connectivity index (χ4v) is 1.85. The monoisotopic (exact) mass is 225 g/mol. The van der Waals surface area contributed by atoms with Crippen molar-refractivity contribution < 1.29 is 9.53 Å². The van der Waals surface area contributed by atoms with Crippen LogP contribution in [0.3, 0.4) is 0 Å². The van der Waals surface area contributed by atoms with Crippen LogP contribution in [0.1, 0.15) is 22.0 Å². The van der Waals surface area contributed by atoms with Gasteiger partial charge in [0.1, 0.15) is 0 Å².